The third kappa shape index (κ3) is 6.63. The van der Waals surface area contributed by atoms with E-state index in [1.54, 1.807) is 35.9 Å². The van der Waals surface area contributed by atoms with Crippen LogP contribution in [0.1, 0.15) is 98.3 Å². The van der Waals surface area contributed by atoms with Crippen molar-refractivity contribution in [2.75, 3.05) is 11.9 Å². The molecule has 0 spiro atoms. The quantitative estimate of drug-likeness (QED) is 0.113. The smallest absolute Gasteiger partial charge is 0.264 e. The van der Waals surface area contributed by atoms with Crippen molar-refractivity contribution in [1.82, 2.24) is 34.5 Å². The van der Waals surface area contributed by atoms with Gasteiger partial charge in [0.05, 0.1) is 28.9 Å². The number of ether oxygens (including phenoxy) is 1. The van der Waals surface area contributed by atoms with E-state index in [2.05, 4.69) is 54.4 Å². The summed E-state index contributed by atoms with van der Waals surface area (Å²) < 4.78 is 10.4. The number of nitrogens with zero attached hydrogens (tertiary/aromatic N) is 6. The molecule has 2 unspecified atom stereocenters. The second-order valence-electron chi connectivity index (χ2n) is 13.5. The lowest BCUT2D eigenvalue weighted by Gasteiger charge is -2.31. The second kappa shape index (κ2) is 14.4. The van der Waals surface area contributed by atoms with Gasteiger partial charge in [0.15, 0.2) is 5.82 Å². The maximum atomic E-state index is 13.4. The molecule has 0 aliphatic carbocycles. The number of fused-ring (bicyclic) bond motifs is 4. The first-order valence-electron chi connectivity index (χ1n) is 17.8. The monoisotopic (exact) mass is 730 g/mol. The van der Waals surface area contributed by atoms with Gasteiger partial charge in [0.1, 0.15) is 34.9 Å². The molecule has 3 N–H and O–H groups in total. The largest absolute Gasteiger partial charge is 0.384 e. The molecule has 5 aromatic rings. The molecule has 3 atom stereocenters. The van der Waals surface area contributed by atoms with Crippen LogP contribution in [0.2, 0.25) is 0 Å². The van der Waals surface area contributed by atoms with Crippen molar-refractivity contribution in [3.63, 3.8) is 0 Å². The number of rotatable bonds is 9. The van der Waals surface area contributed by atoms with Gasteiger partial charge in [0.25, 0.3) is 11.8 Å². The number of unbranched alkanes of at least 4 members (excludes halogenated alkanes) is 1. The predicted molar refractivity (Wildman–Crippen MR) is 196 cm³/mol. The number of hydrogen-bond acceptors (Lipinski definition) is 10. The molecule has 8 rings (SSSR count). The molecular weight excluding hydrogens is 693 g/mol. The van der Waals surface area contributed by atoms with Gasteiger partial charge in [0, 0.05) is 30.5 Å². The van der Waals surface area contributed by atoms with Gasteiger partial charge < -0.3 is 25.0 Å². The lowest BCUT2D eigenvalue weighted by Crippen LogP contribution is -2.55. The van der Waals surface area contributed by atoms with E-state index in [1.165, 1.54) is 5.56 Å². The fourth-order valence-corrected chi connectivity index (χ4v) is 8.39. The molecule has 0 bridgehead atoms. The second-order valence-corrected chi connectivity index (χ2v) is 14.5. The van der Waals surface area contributed by atoms with Crippen molar-refractivity contribution in [3.8, 4) is 16.8 Å². The first-order valence-corrected chi connectivity index (χ1v) is 18.6. The summed E-state index contributed by atoms with van der Waals surface area (Å²) in [6.07, 6.45) is 5.44. The molecule has 13 nitrogen and oxygen atoms in total. The minimum atomic E-state index is -0.970. The van der Waals surface area contributed by atoms with Gasteiger partial charge in [-0.3, -0.25) is 23.9 Å². The summed E-state index contributed by atoms with van der Waals surface area (Å²) in [4.78, 5) is 45.6. The number of thiophene rings is 1. The van der Waals surface area contributed by atoms with Gasteiger partial charge in [-0.05, 0) is 81.1 Å². The zero-order valence-electron chi connectivity index (χ0n) is 29.3. The van der Waals surface area contributed by atoms with Crippen LogP contribution >= 0.6 is 11.3 Å². The van der Waals surface area contributed by atoms with E-state index in [1.807, 2.05) is 42.8 Å². The summed E-state index contributed by atoms with van der Waals surface area (Å²) in [5.41, 5.74) is 5.25. The Morgan fingerprint density at radius 1 is 1.04 bits per heavy atom. The predicted octanol–water partition coefficient (Wildman–Crippen LogP) is 4.50. The molecule has 3 aliphatic heterocycles. The summed E-state index contributed by atoms with van der Waals surface area (Å²) in [6.45, 7) is 5.74. The standard InChI is InChI=1S/C39H38N8O5S/c1-23-35-44-43-24(2)46(35)39-29(21-52-23)28(19-25-9-4-3-5-10-25)32(53-39)15-13-26-20-45(22-41-26)18-7-6-17-40-30-12-8-11-27-34(30)38(51)47(37(27)50)31-14-16-33(48)42-36(31)49/h3-5,8-12,20,22-23,31,33,40,48H,6-7,14,16-19,21H2,1-2H3,(H,42,49)/t23-,31?,33?/m0/s1. The molecule has 1 saturated heterocycles. The Morgan fingerprint density at radius 3 is 2.72 bits per heavy atom. The molecule has 53 heavy (non-hydrogen) atoms. The molecular formula is C39H38N8O5S. The number of carbonyl (C=O) groups excluding carboxylic acids is 3. The number of imidazole rings is 1. The zero-order valence-corrected chi connectivity index (χ0v) is 30.2. The Kier molecular flexibility index (Phi) is 9.38. The minimum absolute atomic E-state index is 0.177. The summed E-state index contributed by atoms with van der Waals surface area (Å²) in [7, 11) is 0. The minimum Gasteiger partial charge on any atom is -0.384 e. The fraction of sp³-hybridized carbons (Fsp3) is 0.333. The van der Waals surface area contributed by atoms with Gasteiger partial charge in [-0.1, -0.05) is 36.4 Å². The number of aryl methyl sites for hydroxylation is 2. The van der Waals surface area contributed by atoms with Gasteiger partial charge in [-0.25, -0.2) is 4.98 Å². The van der Waals surface area contributed by atoms with Gasteiger partial charge in [0.2, 0.25) is 5.91 Å². The van der Waals surface area contributed by atoms with Crippen LogP contribution in [0.25, 0.3) is 5.00 Å². The SMILES string of the molecule is Cc1nnc2n1-c1sc(C#Cc3cn(CCCCNc4cccc5c4C(=O)N(C4CCC(O)NC4=O)C5=O)cn3)c(Cc3ccccc3)c1CO[C@H]2C. The van der Waals surface area contributed by atoms with Crippen LogP contribution in [0.3, 0.4) is 0 Å². The third-order valence-corrected chi connectivity index (χ3v) is 11.1. The summed E-state index contributed by atoms with van der Waals surface area (Å²) in [6, 6.07) is 14.5. The Balaban J connectivity index is 0.920. The normalized spacial score (nSPS) is 19.2. The van der Waals surface area contributed by atoms with Crippen LogP contribution in [-0.4, -0.2) is 70.9 Å². The van der Waals surface area contributed by atoms with Gasteiger partial charge >= 0.3 is 0 Å². The van der Waals surface area contributed by atoms with E-state index in [-0.39, 0.29) is 30.1 Å². The number of aromatic nitrogens is 5. The number of aliphatic hydroxyl groups is 1. The fourth-order valence-electron chi connectivity index (χ4n) is 7.15. The van der Waals surface area contributed by atoms with E-state index in [0.717, 1.165) is 63.4 Å². The number of amides is 3. The number of nitrogens with one attached hydrogen (secondary N) is 2. The molecule has 0 saturated carbocycles. The molecule has 0 radical (unpaired) electrons. The zero-order chi connectivity index (χ0) is 36.6. The molecule has 3 aliphatic rings. The van der Waals surface area contributed by atoms with Crippen LogP contribution in [0.5, 0.6) is 0 Å². The van der Waals surface area contributed by atoms with E-state index in [0.29, 0.717) is 24.5 Å². The van der Waals surface area contributed by atoms with Crippen LogP contribution in [-0.2, 0) is 29.1 Å². The highest BCUT2D eigenvalue weighted by Gasteiger charge is 2.45. The topological polar surface area (TPSA) is 156 Å². The number of hydrogen-bond donors (Lipinski definition) is 3. The Labute approximate surface area is 310 Å². The van der Waals surface area contributed by atoms with Gasteiger partial charge in [-0.2, -0.15) is 0 Å². The average molecular weight is 731 g/mol. The molecule has 14 heteroatoms. The highest BCUT2D eigenvalue weighted by atomic mass is 32.1. The van der Waals surface area contributed by atoms with Crippen molar-refractivity contribution in [3.05, 3.63) is 111 Å². The summed E-state index contributed by atoms with van der Waals surface area (Å²) in [5, 5.41) is 25.3. The molecule has 270 valence electrons. The number of carbonyl (C=O) groups is 3. The highest BCUT2D eigenvalue weighted by Crippen LogP contribution is 2.39. The highest BCUT2D eigenvalue weighted by molar-refractivity contribution is 7.15. The van der Waals surface area contributed by atoms with E-state index >= 15 is 0 Å². The molecule has 3 amide bonds. The van der Waals surface area contributed by atoms with Crippen LogP contribution in [0.15, 0.2) is 61.1 Å². The van der Waals surface area contributed by atoms with Crippen LogP contribution in [0.4, 0.5) is 5.69 Å². The van der Waals surface area contributed by atoms with Crippen molar-refractivity contribution >= 4 is 34.7 Å². The Bertz CT molecular complexity index is 2280. The summed E-state index contributed by atoms with van der Waals surface area (Å²) in [5.74, 6) is 6.81. The average Bonchev–Trinajstić information content (AvgIpc) is 3.89. The maximum absolute atomic E-state index is 13.4. The number of anilines is 1. The molecule has 2 aromatic carbocycles. The first kappa shape index (κ1) is 34.5. The van der Waals surface area contributed by atoms with E-state index in [9.17, 15) is 19.5 Å². The maximum Gasteiger partial charge on any atom is 0.264 e. The number of benzene rings is 2. The molecule has 6 heterocycles. The van der Waals surface area contributed by atoms with E-state index in [4.69, 9.17) is 4.74 Å². The van der Waals surface area contributed by atoms with Crippen molar-refractivity contribution in [2.45, 2.75) is 77.5 Å². The number of imide groups is 1. The lowest BCUT2D eigenvalue weighted by molar-refractivity contribution is -0.131. The lowest BCUT2D eigenvalue weighted by atomic mass is 10.0. The first-order chi connectivity index (χ1) is 25.8. The van der Waals surface area contributed by atoms with E-state index < -0.39 is 30.0 Å². The third-order valence-electron chi connectivity index (χ3n) is 9.89. The number of aliphatic hydroxyl groups excluding tert-OH is 1. The van der Waals surface area contributed by atoms with Crippen LogP contribution < -0.4 is 10.6 Å². The molecule has 3 aromatic heterocycles. The Hall–Kier alpha value is -5.62. The summed E-state index contributed by atoms with van der Waals surface area (Å²) >= 11 is 1.64. The van der Waals surface area contributed by atoms with Crippen molar-refractivity contribution in [1.29, 1.82) is 0 Å². The van der Waals surface area contributed by atoms with Gasteiger partial charge in [-0.15, -0.1) is 21.5 Å². The molecule has 1 fully saturated rings. The Morgan fingerprint density at radius 2 is 1.89 bits per heavy atom. The van der Waals surface area contributed by atoms with Crippen molar-refractivity contribution in [2.24, 2.45) is 0 Å². The number of piperidine rings is 1. The van der Waals surface area contributed by atoms with Crippen LogP contribution in [0, 0.1) is 18.8 Å². The van der Waals surface area contributed by atoms with Crippen molar-refractivity contribution < 1.29 is 24.2 Å².